The Bertz CT molecular complexity index is 310. The molecule has 88 valence electrons. The third-order valence-electron chi connectivity index (χ3n) is 2.46. The van der Waals surface area contributed by atoms with Crippen molar-refractivity contribution in [2.45, 2.75) is 6.42 Å². The van der Waals surface area contributed by atoms with Gasteiger partial charge in [-0.25, -0.2) is 0 Å². The largest absolute Gasteiger partial charge is 0.354 e. The maximum Gasteiger partial charge on any atom is 0.236 e. The molecule has 0 saturated carbocycles. The molecule has 6 nitrogen and oxygen atoms in total. The van der Waals surface area contributed by atoms with Gasteiger partial charge in [0, 0.05) is 26.7 Å². The lowest BCUT2D eigenvalue weighted by Gasteiger charge is -2.27. The lowest BCUT2D eigenvalue weighted by Crippen LogP contribution is -2.50. The number of hydrogen-bond acceptors (Lipinski definition) is 4. The number of nitriles is 1. The number of piperazine rings is 1. The van der Waals surface area contributed by atoms with Gasteiger partial charge in [0.2, 0.25) is 11.8 Å². The minimum Gasteiger partial charge on any atom is -0.354 e. The van der Waals surface area contributed by atoms with Crippen LogP contribution in [0.3, 0.4) is 0 Å². The molecule has 1 saturated heterocycles. The molecule has 1 aliphatic heterocycles. The van der Waals surface area contributed by atoms with Crippen molar-refractivity contribution in [3.05, 3.63) is 0 Å². The third kappa shape index (κ3) is 3.87. The van der Waals surface area contributed by atoms with Crippen LogP contribution in [0.4, 0.5) is 0 Å². The molecule has 0 spiro atoms. The van der Waals surface area contributed by atoms with E-state index in [1.807, 2.05) is 11.0 Å². The number of hydrogen-bond donors (Lipinski definition) is 1. The van der Waals surface area contributed by atoms with Crippen molar-refractivity contribution in [3.63, 3.8) is 0 Å². The zero-order valence-electron chi connectivity index (χ0n) is 9.40. The Morgan fingerprint density at radius 2 is 2.44 bits per heavy atom. The molecular weight excluding hydrogens is 208 g/mol. The van der Waals surface area contributed by atoms with Crippen molar-refractivity contribution in [2.75, 3.05) is 39.8 Å². The van der Waals surface area contributed by atoms with Gasteiger partial charge in [-0.05, 0) is 0 Å². The summed E-state index contributed by atoms with van der Waals surface area (Å²) in [7, 11) is 1.67. The fourth-order valence-electron chi connectivity index (χ4n) is 1.48. The average Bonchev–Trinajstić information content (AvgIpc) is 2.25. The van der Waals surface area contributed by atoms with E-state index >= 15 is 0 Å². The van der Waals surface area contributed by atoms with Crippen LogP contribution in [-0.4, -0.2) is 61.4 Å². The monoisotopic (exact) mass is 224 g/mol. The lowest BCUT2D eigenvalue weighted by molar-refractivity contribution is -0.132. The number of nitrogens with zero attached hydrogens (tertiary/aromatic N) is 3. The predicted molar refractivity (Wildman–Crippen MR) is 57.3 cm³/mol. The Balaban J connectivity index is 2.32. The molecular formula is C10H16N4O2. The molecule has 0 atom stereocenters. The Labute approximate surface area is 94.8 Å². The van der Waals surface area contributed by atoms with Crippen LogP contribution in [0.1, 0.15) is 6.42 Å². The fourth-order valence-corrected chi connectivity index (χ4v) is 1.48. The van der Waals surface area contributed by atoms with E-state index in [1.165, 1.54) is 4.90 Å². The Hall–Kier alpha value is -1.61. The number of amides is 2. The summed E-state index contributed by atoms with van der Waals surface area (Å²) in [6.07, 6.45) is 0.336. The highest BCUT2D eigenvalue weighted by atomic mass is 16.2. The van der Waals surface area contributed by atoms with Crippen LogP contribution in [0.15, 0.2) is 0 Å². The van der Waals surface area contributed by atoms with E-state index in [0.29, 0.717) is 26.1 Å². The van der Waals surface area contributed by atoms with Crippen LogP contribution in [-0.2, 0) is 9.59 Å². The van der Waals surface area contributed by atoms with E-state index in [2.05, 4.69) is 5.32 Å². The van der Waals surface area contributed by atoms with Gasteiger partial charge in [-0.1, -0.05) is 0 Å². The van der Waals surface area contributed by atoms with Gasteiger partial charge in [0.05, 0.1) is 25.6 Å². The summed E-state index contributed by atoms with van der Waals surface area (Å²) >= 11 is 0. The van der Waals surface area contributed by atoms with Gasteiger partial charge in [0.15, 0.2) is 0 Å². The molecule has 1 fully saturated rings. The highest BCUT2D eigenvalue weighted by molar-refractivity contribution is 5.81. The molecule has 0 unspecified atom stereocenters. The fraction of sp³-hybridized carbons (Fsp3) is 0.700. The van der Waals surface area contributed by atoms with Crippen LogP contribution in [0, 0.1) is 11.3 Å². The molecule has 1 heterocycles. The Morgan fingerprint density at radius 1 is 1.69 bits per heavy atom. The second-order valence-corrected chi connectivity index (χ2v) is 3.78. The van der Waals surface area contributed by atoms with Gasteiger partial charge in [0.25, 0.3) is 0 Å². The lowest BCUT2D eigenvalue weighted by atomic mass is 10.3. The first-order valence-corrected chi connectivity index (χ1v) is 5.23. The van der Waals surface area contributed by atoms with E-state index in [0.717, 1.165) is 0 Å². The van der Waals surface area contributed by atoms with Crippen LogP contribution in [0.25, 0.3) is 0 Å². The molecule has 1 aliphatic rings. The smallest absolute Gasteiger partial charge is 0.236 e. The summed E-state index contributed by atoms with van der Waals surface area (Å²) in [5.41, 5.74) is 0. The molecule has 6 heteroatoms. The Kier molecular flexibility index (Phi) is 4.73. The standard InChI is InChI=1S/C10H16N4O2/c1-13(5-2-3-11)10(16)8-14-6-4-12-9(15)7-14/h2,4-8H2,1H3,(H,12,15). The van der Waals surface area contributed by atoms with E-state index in [-0.39, 0.29) is 24.9 Å². The van der Waals surface area contributed by atoms with Gasteiger partial charge in [-0.15, -0.1) is 0 Å². The van der Waals surface area contributed by atoms with Crippen molar-refractivity contribution in [3.8, 4) is 6.07 Å². The van der Waals surface area contributed by atoms with Crippen LogP contribution in [0.5, 0.6) is 0 Å². The number of carbonyl (C=O) groups is 2. The molecule has 0 bridgehead atoms. The summed E-state index contributed by atoms with van der Waals surface area (Å²) < 4.78 is 0. The highest BCUT2D eigenvalue weighted by Crippen LogP contribution is 1.96. The first kappa shape index (κ1) is 12.5. The topological polar surface area (TPSA) is 76.4 Å². The number of carbonyl (C=O) groups excluding carboxylic acids is 2. The van der Waals surface area contributed by atoms with Gasteiger partial charge in [0.1, 0.15) is 0 Å². The summed E-state index contributed by atoms with van der Waals surface area (Å²) in [5.74, 6) is -0.0938. The van der Waals surface area contributed by atoms with Crippen LogP contribution in [0.2, 0.25) is 0 Å². The molecule has 1 rings (SSSR count). The highest BCUT2D eigenvalue weighted by Gasteiger charge is 2.19. The quantitative estimate of drug-likeness (QED) is 0.650. The second-order valence-electron chi connectivity index (χ2n) is 3.78. The molecule has 0 aliphatic carbocycles. The summed E-state index contributed by atoms with van der Waals surface area (Å²) in [5, 5.41) is 11.1. The number of rotatable bonds is 4. The first-order chi connectivity index (χ1) is 7.63. The number of nitrogens with one attached hydrogen (secondary N) is 1. The maximum absolute atomic E-state index is 11.7. The molecule has 0 aromatic carbocycles. The Morgan fingerprint density at radius 3 is 3.06 bits per heavy atom. The molecule has 0 aromatic heterocycles. The van der Waals surface area contributed by atoms with Crippen molar-refractivity contribution < 1.29 is 9.59 Å². The van der Waals surface area contributed by atoms with Crippen molar-refractivity contribution in [2.24, 2.45) is 0 Å². The zero-order valence-corrected chi connectivity index (χ0v) is 9.40. The SMILES string of the molecule is CN(CCC#N)C(=O)CN1CCNC(=O)C1. The van der Waals surface area contributed by atoms with Crippen molar-refractivity contribution in [1.82, 2.24) is 15.1 Å². The van der Waals surface area contributed by atoms with Gasteiger partial charge >= 0.3 is 0 Å². The minimum atomic E-state index is -0.0510. The normalized spacial score (nSPS) is 16.4. The van der Waals surface area contributed by atoms with Crippen molar-refractivity contribution in [1.29, 1.82) is 5.26 Å². The minimum absolute atomic E-state index is 0.0428. The molecule has 2 amide bonds. The van der Waals surface area contributed by atoms with Gasteiger partial charge in [-0.2, -0.15) is 5.26 Å². The van der Waals surface area contributed by atoms with Gasteiger partial charge in [-0.3, -0.25) is 14.5 Å². The summed E-state index contributed by atoms with van der Waals surface area (Å²) in [4.78, 5) is 26.1. The van der Waals surface area contributed by atoms with Crippen molar-refractivity contribution >= 4 is 11.8 Å². The van der Waals surface area contributed by atoms with Gasteiger partial charge < -0.3 is 10.2 Å². The summed E-state index contributed by atoms with van der Waals surface area (Å²) in [6, 6.07) is 1.99. The van der Waals surface area contributed by atoms with Crippen LogP contribution >= 0.6 is 0 Å². The second kappa shape index (κ2) is 6.08. The van der Waals surface area contributed by atoms with E-state index in [4.69, 9.17) is 5.26 Å². The zero-order chi connectivity index (χ0) is 12.0. The number of likely N-dealkylation sites (N-methyl/N-ethyl adjacent to an activating group) is 1. The third-order valence-corrected chi connectivity index (χ3v) is 2.46. The summed E-state index contributed by atoms with van der Waals surface area (Å²) in [6.45, 7) is 2.25. The molecule has 16 heavy (non-hydrogen) atoms. The molecule has 0 radical (unpaired) electrons. The molecule has 1 N–H and O–H groups in total. The first-order valence-electron chi connectivity index (χ1n) is 5.23. The van der Waals surface area contributed by atoms with E-state index in [1.54, 1.807) is 7.05 Å². The average molecular weight is 224 g/mol. The predicted octanol–water partition coefficient (Wildman–Crippen LogP) is -1.21. The van der Waals surface area contributed by atoms with E-state index in [9.17, 15) is 9.59 Å². The van der Waals surface area contributed by atoms with E-state index < -0.39 is 0 Å². The molecule has 0 aromatic rings. The maximum atomic E-state index is 11.7. The van der Waals surface area contributed by atoms with Crippen LogP contribution < -0.4 is 5.32 Å².